The van der Waals surface area contributed by atoms with E-state index in [0.29, 0.717) is 6.61 Å². The summed E-state index contributed by atoms with van der Waals surface area (Å²) in [6.45, 7) is 7.76. The Hall–Kier alpha value is -0.870. The van der Waals surface area contributed by atoms with Gasteiger partial charge in [0.1, 0.15) is 12.4 Å². The van der Waals surface area contributed by atoms with Crippen LogP contribution in [0.25, 0.3) is 0 Å². The van der Waals surface area contributed by atoms with Crippen molar-refractivity contribution in [2.75, 3.05) is 7.11 Å². The van der Waals surface area contributed by atoms with Crippen molar-refractivity contribution in [1.29, 1.82) is 0 Å². The van der Waals surface area contributed by atoms with Crippen LogP contribution in [-0.4, -0.2) is 22.6 Å². The van der Waals surface area contributed by atoms with Crippen LogP contribution in [-0.2, 0) is 17.9 Å². The molecule has 1 aromatic heterocycles. The van der Waals surface area contributed by atoms with E-state index in [1.807, 2.05) is 6.20 Å². The second kappa shape index (κ2) is 4.57. The summed E-state index contributed by atoms with van der Waals surface area (Å²) in [7, 11) is 1.66. The standard InChI is InChI=1S/C10H19N3O/c1-10(2,3)12-6-8-5-11-9(13-8)7-14-4/h5,12H,6-7H2,1-4H3,(H,11,13). The molecule has 0 saturated heterocycles. The van der Waals surface area contributed by atoms with Gasteiger partial charge in [-0.05, 0) is 20.8 Å². The van der Waals surface area contributed by atoms with E-state index in [-0.39, 0.29) is 5.54 Å². The molecule has 0 saturated carbocycles. The van der Waals surface area contributed by atoms with E-state index >= 15 is 0 Å². The van der Waals surface area contributed by atoms with Gasteiger partial charge in [-0.1, -0.05) is 0 Å². The Bertz CT molecular complexity index is 275. The Morgan fingerprint density at radius 2 is 2.21 bits per heavy atom. The zero-order chi connectivity index (χ0) is 10.6. The zero-order valence-electron chi connectivity index (χ0n) is 9.35. The molecule has 0 bridgehead atoms. The van der Waals surface area contributed by atoms with E-state index in [4.69, 9.17) is 4.74 Å². The number of hydrogen-bond donors (Lipinski definition) is 2. The minimum Gasteiger partial charge on any atom is -0.377 e. The van der Waals surface area contributed by atoms with Crippen molar-refractivity contribution in [3.8, 4) is 0 Å². The van der Waals surface area contributed by atoms with Crippen molar-refractivity contribution in [3.63, 3.8) is 0 Å². The van der Waals surface area contributed by atoms with Crippen LogP contribution in [0.4, 0.5) is 0 Å². The smallest absolute Gasteiger partial charge is 0.132 e. The molecular formula is C10H19N3O. The molecule has 0 amide bonds. The molecule has 4 heteroatoms. The van der Waals surface area contributed by atoms with Gasteiger partial charge in [0.2, 0.25) is 0 Å². The average molecular weight is 197 g/mol. The van der Waals surface area contributed by atoms with Crippen LogP contribution in [0.5, 0.6) is 0 Å². The lowest BCUT2D eigenvalue weighted by Gasteiger charge is -2.19. The number of nitrogens with zero attached hydrogens (tertiary/aromatic N) is 1. The lowest BCUT2D eigenvalue weighted by atomic mass is 10.1. The highest BCUT2D eigenvalue weighted by Crippen LogP contribution is 2.03. The van der Waals surface area contributed by atoms with Gasteiger partial charge in [0.05, 0.1) is 0 Å². The Morgan fingerprint density at radius 1 is 1.50 bits per heavy atom. The molecule has 1 rings (SSSR count). The number of aromatic nitrogens is 2. The fourth-order valence-corrected chi connectivity index (χ4v) is 1.07. The molecule has 0 aliphatic rings. The number of ether oxygens (including phenoxy) is 1. The molecule has 80 valence electrons. The van der Waals surface area contributed by atoms with Crippen molar-refractivity contribution in [2.45, 2.75) is 39.5 Å². The largest absolute Gasteiger partial charge is 0.377 e. The van der Waals surface area contributed by atoms with Gasteiger partial charge in [-0.15, -0.1) is 0 Å². The molecule has 0 radical (unpaired) electrons. The summed E-state index contributed by atoms with van der Waals surface area (Å²) in [5.74, 6) is 0.873. The van der Waals surface area contributed by atoms with E-state index in [1.165, 1.54) is 0 Å². The highest BCUT2D eigenvalue weighted by Gasteiger charge is 2.09. The minimum absolute atomic E-state index is 0.131. The van der Waals surface area contributed by atoms with E-state index in [0.717, 1.165) is 18.1 Å². The first-order valence-corrected chi connectivity index (χ1v) is 4.78. The molecule has 0 aliphatic heterocycles. The highest BCUT2D eigenvalue weighted by molar-refractivity contribution is 5.00. The van der Waals surface area contributed by atoms with Gasteiger partial charge in [0.25, 0.3) is 0 Å². The summed E-state index contributed by atoms with van der Waals surface area (Å²) in [6.07, 6.45) is 1.84. The monoisotopic (exact) mass is 197 g/mol. The van der Waals surface area contributed by atoms with Crippen molar-refractivity contribution in [1.82, 2.24) is 15.3 Å². The van der Waals surface area contributed by atoms with Crippen LogP contribution in [0.3, 0.4) is 0 Å². The number of methoxy groups -OCH3 is 1. The van der Waals surface area contributed by atoms with Crippen LogP contribution < -0.4 is 5.32 Å². The van der Waals surface area contributed by atoms with E-state index in [2.05, 4.69) is 36.1 Å². The van der Waals surface area contributed by atoms with Gasteiger partial charge >= 0.3 is 0 Å². The van der Waals surface area contributed by atoms with Crippen LogP contribution in [0, 0.1) is 0 Å². The van der Waals surface area contributed by atoms with Crippen molar-refractivity contribution in [2.24, 2.45) is 0 Å². The number of H-pyrrole nitrogens is 1. The third-order valence-electron chi connectivity index (χ3n) is 1.77. The first-order valence-electron chi connectivity index (χ1n) is 4.78. The maximum Gasteiger partial charge on any atom is 0.132 e. The number of rotatable bonds is 4. The maximum absolute atomic E-state index is 4.97. The molecule has 14 heavy (non-hydrogen) atoms. The summed E-state index contributed by atoms with van der Waals surface area (Å²) >= 11 is 0. The first kappa shape index (κ1) is 11.2. The molecule has 0 aliphatic carbocycles. The molecular weight excluding hydrogens is 178 g/mol. The Labute approximate surface area is 85.1 Å². The number of hydrogen-bond acceptors (Lipinski definition) is 3. The van der Waals surface area contributed by atoms with Gasteiger partial charge < -0.3 is 15.0 Å². The van der Waals surface area contributed by atoms with Gasteiger partial charge in [-0.2, -0.15) is 0 Å². The molecule has 2 N–H and O–H groups in total. The molecule has 0 spiro atoms. The summed E-state index contributed by atoms with van der Waals surface area (Å²) in [5, 5.41) is 3.38. The zero-order valence-corrected chi connectivity index (χ0v) is 9.35. The van der Waals surface area contributed by atoms with Gasteiger partial charge in [-0.25, -0.2) is 4.98 Å². The van der Waals surface area contributed by atoms with Gasteiger partial charge in [0, 0.05) is 31.1 Å². The molecule has 0 unspecified atom stereocenters. The average Bonchev–Trinajstić information content (AvgIpc) is 2.49. The number of imidazole rings is 1. The summed E-state index contributed by atoms with van der Waals surface area (Å²) in [5.41, 5.74) is 1.22. The van der Waals surface area contributed by atoms with Crippen molar-refractivity contribution >= 4 is 0 Å². The minimum atomic E-state index is 0.131. The summed E-state index contributed by atoms with van der Waals surface area (Å²) in [4.78, 5) is 7.37. The molecule has 4 nitrogen and oxygen atoms in total. The Kier molecular flexibility index (Phi) is 3.66. The summed E-state index contributed by atoms with van der Waals surface area (Å²) in [6, 6.07) is 0. The molecule has 0 fully saturated rings. The fourth-order valence-electron chi connectivity index (χ4n) is 1.07. The Balaban J connectivity index is 2.44. The third-order valence-corrected chi connectivity index (χ3v) is 1.77. The molecule has 0 atom stereocenters. The number of nitrogens with one attached hydrogen (secondary N) is 2. The molecule has 1 aromatic rings. The van der Waals surface area contributed by atoms with Gasteiger partial charge in [-0.3, -0.25) is 0 Å². The molecule has 0 aromatic carbocycles. The van der Waals surface area contributed by atoms with Crippen molar-refractivity contribution in [3.05, 3.63) is 17.7 Å². The second-order valence-electron chi connectivity index (χ2n) is 4.39. The first-order chi connectivity index (χ1) is 6.51. The van der Waals surface area contributed by atoms with Crippen molar-refractivity contribution < 1.29 is 4.74 Å². The lowest BCUT2D eigenvalue weighted by molar-refractivity contribution is 0.178. The predicted molar refractivity (Wildman–Crippen MR) is 55.9 cm³/mol. The van der Waals surface area contributed by atoms with E-state index in [9.17, 15) is 0 Å². The highest BCUT2D eigenvalue weighted by atomic mass is 16.5. The summed E-state index contributed by atoms with van der Waals surface area (Å²) < 4.78 is 4.97. The quantitative estimate of drug-likeness (QED) is 0.768. The van der Waals surface area contributed by atoms with Gasteiger partial charge in [0.15, 0.2) is 0 Å². The lowest BCUT2D eigenvalue weighted by Crippen LogP contribution is -2.35. The van der Waals surface area contributed by atoms with Crippen LogP contribution in [0.2, 0.25) is 0 Å². The van der Waals surface area contributed by atoms with E-state index in [1.54, 1.807) is 7.11 Å². The SMILES string of the molecule is COCc1ncc(CNC(C)(C)C)[nH]1. The van der Waals surface area contributed by atoms with Crippen LogP contribution >= 0.6 is 0 Å². The fraction of sp³-hybridized carbons (Fsp3) is 0.700. The predicted octanol–water partition coefficient (Wildman–Crippen LogP) is 1.44. The second-order valence-corrected chi connectivity index (χ2v) is 4.39. The molecule has 1 heterocycles. The Morgan fingerprint density at radius 3 is 2.79 bits per heavy atom. The maximum atomic E-state index is 4.97. The topological polar surface area (TPSA) is 49.9 Å². The van der Waals surface area contributed by atoms with Crippen LogP contribution in [0.15, 0.2) is 6.20 Å². The third kappa shape index (κ3) is 3.89. The normalized spacial score (nSPS) is 12.0. The number of aromatic amines is 1. The van der Waals surface area contributed by atoms with Crippen LogP contribution in [0.1, 0.15) is 32.3 Å². The van der Waals surface area contributed by atoms with E-state index < -0.39 is 0 Å².